The molecule has 0 saturated heterocycles. The molecule has 7 nitrogen and oxygen atoms in total. The average molecular weight is 386 g/mol. The molecular weight excluding hydrogens is 360 g/mol. The van der Waals surface area contributed by atoms with Crippen LogP contribution in [-0.2, 0) is 19.1 Å². The summed E-state index contributed by atoms with van der Waals surface area (Å²) >= 11 is 0. The van der Waals surface area contributed by atoms with Gasteiger partial charge in [0.2, 0.25) is 0 Å². The van der Waals surface area contributed by atoms with Crippen molar-refractivity contribution in [1.82, 2.24) is 5.32 Å². The second-order valence-corrected chi connectivity index (χ2v) is 6.39. The zero-order valence-electron chi connectivity index (χ0n) is 16.2. The number of hydrogen-bond donors (Lipinski definition) is 2. The number of benzene rings is 1. The van der Waals surface area contributed by atoms with Crippen molar-refractivity contribution < 1.29 is 23.9 Å². The van der Waals surface area contributed by atoms with Gasteiger partial charge in [0, 0.05) is 17.8 Å². The molecule has 0 radical (unpaired) electrons. The minimum absolute atomic E-state index is 0.0869. The number of carbonyl (C=O) groups excluding carboxylic acids is 3. The summed E-state index contributed by atoms with van der Waals surface area (Å²) < 4.78 is 9.19. The molecule has 0 aromatic heterocycles. The van der Waals surface area contributed by atoms with Gasteiger partial charge in [-0.3, -0.25) is 4.79 Å². The normalized spacial score (nSPS) is 13.9. The van der Waals surface area contributed by atoms with Gasteiger partial charge in [0.05, 0.1) is 20.3 Å². The van der Waals surface area contributed by atoms with E-state index in [-0.39, 0.29) is 11.6 Å². The molecule has 0 atom stereocenters. The Bertz CT molecular complexity index is 783. The Morgan fingerprint density at radius 3 is 2.64 bits per heavy atom. The fourth-order valence-corrected chi connectivity index (χ4v) is 2.90. The molecular formula is C21H26N2O5. The van der Waals surface area contributed by atoms with Crippen molar-refractivity contribution >= 4 is 23.5 Å². The molecule has 0 unspecified atom stereocenters. The Kier molecular flexibility index (Phi) is 8.27. The summed E-state index contributed by atoms with van der Waals surface area (Å²) in [4.78, 5) is 35.7. The van der Waals surface area contributed by atoms with Crippen LogP contribution in [0.1, 0.15) is 42.5 Å². The van der Waals surface area contributed by atoms with E-state index in [9.17, 15) is 14.4 Å². The van der Waals surface area contributed by atoms with Gasteiger partial charge < -0.3 is 20.1 Å². The molecule has 0 spiro atoms. The van der Waals surface area contributed by atoms with Crippen LogP contribution in [0.25, 0.3) is 0 Å². The monoisotopic (exact) mass is 386 g/mol. The molecule has 1 aromatic rings. The van der Waals surface area contributed by atoms with Crippen LogP contribution in [-0.4, -0.2) is 38.6 Å². The molecule has 150 valence electrons. The van der Waals surface area contributed by atoms with Crippen molar-refractivity contribution in [2.75, 3.05) is 26.1 Å². The summed E-state index contributed by atoms with van der Waals surface area (Å²) in [5, 5.41) is 5.71. The van der Waals surface area contributed by atoms with E-state index in [0.717, 1.165) is 25.3 Å². The van der Waals surface area contributed by atoms with Gasteiger partial charge in [-0.2, -0.15) is 0 Å². The molecule has 0 bridgehead atoms. The van der Waals surface area contributed by atoms with E-state index in [4.69, 9.17) is 0 Å². The van der Waals surface area contributed by atoms with Crippen LogP contribution in [0.4, 0.5) is 5.69 Å². The van der Waals surface area contributed by atoms with E-state index in [1.54, 1.807) is 24.3 Å². The average Bonchev–Trinajstić information content (AvgIpc) is 2.73. The van der Waals surface area contributed by atoms with Crippen LogP contribution >= 0.6 is 0 Å². The molecule has 1 aliphatic rings. The lowest BCUT2D eigenvalue weighted by Gasteiger charge is -2.13. The number of allylic oxidation sites excluding steroid dienone is 1. The Hall–Kier alpha value is -3.09. The summed E-state index contributed by atoms with van der Waals surface area (Å²) in [5.74, 6) is -1.61. The van der Waals surface area contributed by atoms with Crippen molar-refractivity contribution in [3.8, 4) is 0 Å². The first-order valence-electron chi connectivity index (χ1n) is 9.24. The van der Waals surface area contributed by atoms with Gasteiger partial charge in [-0.05, 0) is 50.3 Å². The number of methoxy groups -OCH3 is 2. The molecule has 0 saturated carbocycles. The zero-order chi connectivity index (χ0) is 20.4. The van der Waals surface area contributed by atoms with Crippen LogP contribution in [0.3, 0.4) is 0 Å². The molecule has 0 fully saturated rings. The van der Waals surface area contributed by atoms with Crippen molar-refractivity contribution in [1.29, 1.82) is 0 Å². The van der Waals surface area contributed by atoms with Crippen molar-refractivity contribution in [3.05, 3.63) is 53.3 Å². The van der Waals surface area contributed by atoms with E-state index in [0.29, 0.717) is 17.8 Å². The predicted molar refractivity (Wildman–Crippen MR) is 106 cm³/mol. The molecule has 0 heterocycles. The Balaban J connectivity index is 2.00. The lowest BCUT2D eigenvalue weighted by molar-refractivity contribution is -0.138. The Morgan fingerprint density at radius 2 is 1.96 bits per heavy atom. The topological polar surface area (TPSA) is 93.7 Å². The summed E-state index contributed by atoms with van der Waals surface area (Å²) in [6.07, 6.45) is 8.82. The maximum atomic E-state index is 12.4. The van der Waals surface area contributed by atoms with E-state index < -0.39 is 11.9 Å². The highest BCUT2D eigenvalue weighted by molar-refractivity contribution is 5.99. The lowest BCUT2D eigenvalue weighted by atomic mass is 9.97. The first-order chi connectivity index (χ1) is 13.5. The molecule has 2 N–H and O–H groups in total. The largest absolute Gasteiger partial charge is 0.466 e. The van der Waals surface area contributed by atoms with Gasteiger partial charge in [0.25, 0.3) is 5.91 Å². The minimum atomic E-state index is -0.721. The van der Waals surface area contributed by atoms with E-state index in [2.05, 4.69) is 26.2 Å². The highest BCUT2D eigenvalue weighted by atomic mass is 16.5. The van der Waals surface area contributed by atoms with Crippen LogP contribution in [0, 0.1) is 0 Å². The van der Waals surface area contributed by atoms with Crippen molar-refractivity contribution in [3.63, 3.8) is 0 Å². The molecule has 2 rings (SSSR count). The maximum absolute atomic E-state index is 12.4. The minimum Gasteiger partial charge on any atom is -0.466 e. The van der Waals surface area contributed by atoms with Crippen molar-refractivity contribution in [2.24, 2.45) is 0 Å². The number of amides is 1. The van der Waals surface area contributed by atoms with E-state index >= 15 is 0 Å². The Morgan fingerprint density at radius 1 is 1.14 bits per heavy atom. The number of esters is 2. The number of rotatable bonds is 8. The second-order valence-electron chi connectivity index (χ2n) is 6.39. The van der Waals surface area contributed by atoms with Crippen LogP contribution in [0.5, 0.6) is 0 Å². The van der Waals surface area contributed by atoms with Crippen LogP contribution < -0.4 is 10.6 Å². The first kappa shape index (κ1) is 21.2. The van der Waals surface area contributed by atoms with Crippen LogP contribution in [0.2, 0.25) is 0 Å². The van der Waals surface area contributed by atoms with E-state index in [1.807, 2.05) is 0 Å². The number of ether oxygens (including phenoxy) is 2. The molecule has 0 aliphatic heterocycles. The summed E-state index contributed by atoms with van der Waals surface area (Å²) in [7, 11) is 2.42. The summed E-state index contributed by atoms with van der Waals surface area (Å²) in [6, 6.07) is 6.65. The van der Waals surface area contributed by atoms with Crippen molar-refractivity contribution in [2.45, 2.75) is 32.1 Å². The molecule has 7 heteroatoms. The standard InChI is InChI=1S/C21H26N2O5/c1-27-19(24)14-18(21(26)28-2)23-17-10-6-9-16(13-17)20(25)22-12-11-15-7-4-3-5-8-15/h6-7,9-10,13-14,23H,3-5,8,11-12H2,1-2H3,(H,22,25)/b18-14+. The number of nitrogens with one attached hydrogen (secondary N) is 2. The highest BCUT2D eigenvalue weighted by Gasteiger charge is 2.14. The quantitative estimate of drug-likeness (QED) is 0.405. The number of anilines is 1. The van der Waals surface area contributed by atoms with Gasteiger partial charge in [-0.1, -0.05) is 17.7 Å². The smallest absolute Gasteiger partial charge is 0.354 e. The third-order valence-corrected chi connectivity index (χ3v) is 4.39. The third-order valence-electron chi connectivity index (χ3n) is 4.39. The molecule has 1 amide bonds. The van der Waals surface area contributed by atoms with E-state index in [1.165, 1.54) is 32.6 Å². The predicted octanol–water partition coefficient (Wildman–Crippen LogP) is 2.95. The van der Waals surface area contributed by atoms with Gasteiger partial charge in [-0.25, -0.2) is 9.59 Å². The maximum Gasteiger partial charge on any atom is 0.354 e. The zero-order valence-corrected chi connectivity index (χ0v) is 16.2. The fourth-order valence-electron chi connectivity index (χ4n) is 2.90. The van der Waals surface area contributed by atoms with Crippen LogP contribution in [0.15, 0.2) is 47.7 Å². The number of hydrogen-bond acceptors (Lipinski definition) is 6. The fraction of sp³-hybridized carbons (Fsp3) is 0.381. The van der Waals surface area contributed by atoms with Gasteiger partial charge in [0.15, 0.2) is 0 Å². The second kappa shape index (κ2) is 10.9. The highest BCUT2D eigenvalue weighted by Crippen LogP contribution is 2.19. The molecule has 1 aliphatic carbocycles. The van der Waals surface area contributed by atoms with Gasteiger partial charge >= 0.3 is 11.9 Å². The SMILES string of the molecule is COC(=O)/C=C(/Nc1cccc(C(=O)NCCC2=CCCCC2)c1)C(=O)OC. The third kappa shape index (κ3) is 6.57. The van der Waals surface area contributed by atoms with Gasteiger partial charge in [-0.15, -0.1) is 0 Å². The summed E-state index contributed by atoms with van der Waals surface area (Å²) in [5.41, 5.74) is 2.24. The molecule has 28 heavy (non-hydrogen) atoms. The molecule has 1 aromatic carbocycles. The lowest BCUT2D eigenvalue weighted by Crippen LogP contribution is -2.25. The van der Waals surface area contributed by atoms with Gasteiger partial charge in [0.1, 0.15) is 5.70 Å². The Labute approximate surface area is 164 Å². The first-order valence-corrected chi connectivity index (χ1v) is 9.24. The number of carbonyl (C=O) groups is 3. The summed E-state index contributed by atoms with van der Waals surface area (Å²) in [6.45, 7) is 0.581.